The summed E-state index contributed by atoms with van der Waals surface area (Å²) in [5.41, 5.74) is 1.91. The summed E-state index contributed by atoms with van der Waals surface area (Å²) in [6, 6.07) is 14.5. The minimum Gasteiger partial charge on any atom is -0.422 e. The molecule has 6 rings (SSSR count). The molecule has 0 saturated heterocycles. The Morgan fingerprint density at radius 3 is 1.53 bits per heavy atom. The molecule has 34 heavy (non-hydrogen) atoms. The third kappa shape index (κ3) is 3.86. The molecule has 6 nitrogen and oxygen atoms in total. The Morgan fingerprint density at radius 2 is 1.09 bits per heavy atom. The smallest absolute Gasteiger partial charge is 0.345 e. The van der Waals surface area contributed by atoms with Crippen LogP contribution >= 0.6 is 54.5 Å². The Balaban J connectivity index is 1.38. The summed E-state index contributed by atoms with van der Waals surface area (Å²) in [6.45, 7) is 0. The summed E-state index contributed by atoms with van der Waals surface area (Å²) in [7, 11) is 0. The van der Waals surface area contributed by atoms with Gasteiger partial charge in [-0.15, -0.1) is 22.7 Å². The van der Waals surface area contributed by atoms with Gasteiger partial charge >= 0.3 is 11.3 Å². The highest BCUT2D eigenvalue weighted by Gasteiger charge is 2.17. The number of benzene rings is 2. The molecule has 10 heteroatoms. The minimum absolute atomic E-state index is 0.380. The lowest BCUT2D eigenvalue weighted by Gasteiger charge is -2.00. The fraction of sp³-hybridized carbons (Fsp3) is 0. The van der Waals surface area contributed by atoms with Gasteiger partial charge < -0.3 is 8.83 Å². The lowest BCUT2D eigenvalue weighted by Crippen LogP contribution is -2.03. The first-order chi connectivity index (χ1) is 16.4. The summed E-state index contributed by atoms with van der Waals surface area (Å²) >= 11 is 9.62. The highest BCUT2D eigenvalue weighted by Crippen LogP contribution is 2.33. The minimum atomic E-state index is -0.452. The molecule has 6 aromatic rings. The fourth-order valence-corrected chi connectivity index (χ4v) is 5.98. The number of fused-ring (bicyclic) bond motifs is 2. The van der Waals surface area contributed by atoms with Gasteiger partial charge in [0.05, 0.1) is 22.5 Å². The second-order valence-electron chi connectivity index (χ2n) is 7.34. The van der Waals surface area contributed by atoms with Crippen LogP contribution in [0.4, 0.5) is 0 Å². The second-order valence-corrected chi connectivity index (χ2v) is 10.9. The van der Waals surface area contributed by atoms with Crippen LogP contribution in [0.2, 0.25) is 0 Å². The molecular formula is C24H10Br2N2O4S2. The highest BCUT2D eigenvalue weighted by molar-refractivity contribution is 9.10. The van der Waals surface area contributed by atoms with Gasteiger partial charge in [-0.3, -0.25) is 0 Å². The summed E-state index contributed by atoms with van der Waals surface area (Å²) in [4.78, 5) is 34.3. The van der Waals surface area contributed by atoms with Crippen molar-refractivity contribution >= 4 is 76.5 Å². The molecule has 0 aliphatic rings. The fourth-order valence-electron chi connectivity index (χ4n) is 3.54. The first-order valence-electron chi connectivity index (χ1n) is 9.83. The van der Waals surface area contributed by atoms with E-state index in [1.165, 1.54) is 22.7 Å². The van der Waals surface area contributed by atoms with Crippen molar-refractivity contribution in [3.8, 4) is 32.5 Å². The van der Waals surface area contributed by atoms with Crippen molar-refractivity contribution in [1.82, 2.24) is 9.97 Å². The molecule has 0 radical (unpaired) electrons. The van der Waals surface area contributed by atoms with E-state index in [1.54, 1.807) is 35.0 Å². The maximum Gasteiger partial charge on any atom is 0.345 e. The number of hydrogen-bond acceptors (Lipinski definition) is 8. The maximum atomic E-state index is 12.5. The van der Waals surface area contributed by atoms with Crippen molar-refractivity contribution in [3.05, 3.63) is 89.1 Å². The van der Waals surface area contributed by atoms with E-state index in [-0.39, 0.29) is 0 Å². The number of aromatic nitrogens is 2. The van der Waals surface area contributed by atoms with Crippen LogP contribution < -0.4 is 11.3 Å². The predicted molar refractivity (Wildman–Crippen MR) is 142 cm³/mol. The van der Waals surface area contributed by atoms with Gasteiger partial charge in [0.25, 0.3) is 0 Å². The van der Waals surface area contributed by atoms with E-state index in [0.717, 1.165) is 19.7 Å². The van der Waals surface area contributed by atoms with Gasteiger partial charge in [-0.2, -0.15) is 0 Å². The van der Waals surface area contributed by atoms with Gasteiger partial charge in [0.15, 0.2) is 10.0 Å². The standard InChI is InChI=1S/C24H10Br2N2O4S2/c25-13-1-3-19-11(5-13)7-15(23(29)31-19)17-9-33-21(27-17)22-28-18(10-34-22)16-8-12-6-14(26)2-4-20(12)32-24(16)30/h1-10H. The molecule has 0 bridgehead atoms. The zero-order valence-electron chi connectivity index (χ0n) is 16.9. The molecule has 0 aliphatic carbocycles. The normalized spacial score (nSPS) is 11.5. The van der Waals surface area contributed by atoms with Crippen LogP contribution in [-0.4, -0.2) is 9.97 Å². The lowest BCUT2D eigenvalue weighted by atomic mass is 10.1. The second kappa shape index (κ2) is 8.38. The molecule has 0 aliphatic heterocycles. The van der Waals surface area contributed by atoms with E-state index in [9.17, 15) is 9.59 Å². The first kappa shape index (κ1) is 21.6. The molecule has 0 unspecified atom stereocenters. The summed E-state index contributed by atoms with van der Waals surface area (Å²) in [5.74, 6) is 0. The number of hydrogen-bond donors (Lipinski definition) is 0. The van der Waals surface area contributed by atoms with E-state index in [2.05, 4.69) is 41.8 Å². The van der Waals surface area contributed by atoms with Crippen molar-refractivity contribution < 1.29 is 8.83 Å². The van der Waals surface area contributed by atoms with Crippen molar-refractivity contribution in [2.45, 2.75) is 0 Å². The highest BCUT2D eigenvalue weighted by atomic mass is 79.9. The molecule has 0 spiro atoms. The molecule has 2 aromatic carbocycles. The lowest BCUT2D eigenvalue weighted by molar-refractivity contribution is 0.563. The average molecular weight is 614 g/mol. The van der Waals surface area contributed by atoms with Crippen LogP contribution in [0.5, 0.6) is 0 Å². The van der Waals surface area contributed by atoms with Crippen LogP contribution in [0.25, 0.3) is 54.5 Å². The zero-order valence-corrected chi connectivity index (χ0v) is 21.7. The van der Waals surface area contributed by atoms with Crippen molar-refractivity contribution in [2.24, 2.45) is 0 Å². The zero-order chi connectivity index (χ0) is 23.4. The third-order valence-electron chi connectivity index (χ3n) is 5.13. The van der Waals surface area contributed by atoms with Crippen molar-refractivity contribution in [3.63, 3.8) is 0 Å². The number of nitrogens with zero attached hydrogens (tertiary/aromatic N) is 2. The van der Waals surface area contributed by atoms with E-state index in [0.29, 0.717) is 43.7 Å². The van der Waals surface area contributed by atoms with Crippen LogP contribution in [0.3, 0.4) is 0 Å². The van der Waals surface area contributed by atoms with Crippen LogP contribution in [0.15, 0.2) is 86.7 Å². The van der Waals surface area contributed by atoms with Crippen LogP contribution in [0.1, 0.15) is 0 Å². The molecule has 4 aromatic heterocycles. The van der Waals surface area contributed by atoms with Gasteiger partial charge in [-0.1, -0.05) is 31.9 Å². The summed E-state index contributed by atoms with van der Waals surface area (Å²) < 4.78 is 12.7. The Kier molecular flexibility index (Phi) is 5.33. The molecular weight excluding hydrogens is 604 g/mol. The van der Waals surface area contributed by atoms with Crippen LogP contribution in [0, 0.1) is 0 Å². The first-order valence-corrected chi connectivity index (χ1v) is 13.2. The number of halogens is 2. The monoisotopic (exact) mass is 612 g/mol. The Labute approximate surface area is 215 Å². The van der Waals surface area contributed by atoms with Gasteiger partial charge in [0.1, 0.15) is 11.2 Å². The third-order valence-corrected chi connectivity index (χ3v) is 7.95. The summed E-state index contributed by atoms with van der Waals surface area (Å²) in [6.07, 6.45) is 0. The Bertz CT molecular complexity index is 1720. The molecule has 0 amide bonds. The van der Waals surface area contributed by atoms with Gasteiger partial charge in [0, 0.05) is 30.5 Å². The summed E-state index contributed by atoms with van der Waals surface area (Å²) in [5, 5.41) is 6.48. The van der Waals surface area contributed by atoms with E-state index < -0.39 is 11.3 Å². The SMILES string of the molecule is O=c1oc2ccc(Br)cc2cc1-c1csc(-c2nc(-c3cc4cc(Br)ccc4oc3=O)cs2)n1. The van der Waals surface area contributed by atoms with E-state index in [1.807, 2.05) is 24.3 Å². The molecule has 0 atom stereocenters. The topological polar surface area (TPSA) is 86.2 Å². The molecule has 0 fully saturated rings. The van der Waals surface area contributed by atoms with Crippen molar-refractivity contribution in [1.29, 1.82) is 0 Å². The van der Waals surface area contributed by atoms with Gasteiger partial charge in [0.2, 0.25) is 0 Å². The van der Waals surface area contributed by atoms with Crippen LogP contribution in [-0.2, 0) is 0 Å². The average Bonchev–Trinajstić information content (AvgIpc) is 3.49. The molecule has 0 saturated carbocycles. The number of rotatable bonds is 3. The molecule has 4 heterocycles. The predicted octanol–water partition coefficient (Wildman–Crippen LogP) is 7.34. The maximum absolute atomic E-state index is 12.5. The molecule has 0 N–H and O–H groups in total. The quantitative estimate of drug-likeness (QED) is 0.194. The number of thiazole rings is 2. The van der Waals surface area contributed by atoms with E-state index >= 15 is 0 Å². The Hall–Kier alpha value is -2.92. The Morgan fingerprint density at radius 1 is 0.647 bits per heavy atom. The van der Waals surface area contributed by atoms with E-state index in [4.69, 9.17) is 8.83 Å². The molecule has 166 valence electrons. The van der Waals surface area contributed by atoms with Crippen molar-refractivity contribution in [2.75, 3.05) is 0 Å². The van der Waals surface area contributed by atoms with Gasteiger partial charge in [-0.05, 0) is 48.5 Å². The largest absolute Gasteiger partial charge is 0.422 e. The van der Waals surface area contributed by atoms with Gasteiger partial charge in [-0.25, -0.2) is 19.6 Å².